The van der Waals surface area contributed by atoms with E-state index in [1.807, 2.05) is 0 Å². The first kappa shape index (κ1) is 21.7. The van der Waals surface area contributed by atoms with Crippen molar-refractivity contribution in [1.29, 1.82) is 0 Å². The predicted molar refractivity (Wildman–Crippen MR) is 107 cm³/mol. The van der Waals surface area contributed by atoms with E-state index in [9.17, 15) is 18.7 Å². The van der Waals surface area contributed by atoms with E-state index in [0.717, 1.165) is 44.2 Å². The molecule has 3 atom stereocenters. The Balaban J connectivity index is 1.38. The number of aliphatic hydroxyl groups is 1. The molecule has 0 aromatic heterocycles. The maximum atomic E-state index is 14.0. The van der Waals surface area contributed by atoms with Crippen LogP contribution >= 0.6 is 0 Å². The monoisotopic (exact) mass is 423 g/mol. The molecule has 3 aliphatic heterocycles. The summed E-state index contributed by atoms with van der Waals surface area (Å²) in [6, 6.07) is 3.48. The molecule has 1 aromatic carbocycles. The van der Waals surface area contributed by atoms with Crippen LogP contribution in [0.1, 0.15) is 63.2 Å². The summed E-state index contributed by atoms with van der Waals surface area (Å²) in [5, 5.41) is 10.3. The van der Waals surface area contributed by atoms with Gasteiger partial charge in [-0.1, -0.05) is 6.07 Å². The molecular formula is C23H31F2NO4. The molecule has 4 rings (SSSR count). The molecule has 3 aliphatic rings. The number of hydrogen-bond acceptors (Lipinski definition) is 4. The molecule has 7 heteroatoms. The smallest absolute Gasteiger partial charge is 0.259 e. The Labute approximate surface area is 176 Å². The fourth-order valence-electron chi connectivity index (χ4n) is 5.17. The van der Waals surface area contributed by atoms with Crippen molar-refractivity contribution in [2.45, 2.75) is 76.3 Å². The minimum absolute atomic E-state index is 0.0472. The van der Waals surface area contributed by atoms with Gasteiger partial charge in [0.05, 0.1) is 30.0 Å². The second-order valence-corrected chi connectivity index (χ2v) is 10.0. The molecule has 3 saturated heterocycles. The van der Waals surface area contributed by atoms with E-state index < -0.39 is 34.3 Å². The lowest BCUT2D eigenvalue weighted by Gasteiger charge is -2.39. The fourth-order valence-corrected chi connectivity index (χ4v) is 5.17. The number of benzene rings is 1. The van der Waals surface area contributed by atoms with E-state index in [1.54, 1.807) is 13.8 Å². The summed E-state index contributed by atoms with van der Waals surface area (Å²) in [6.07, 6.45) is 3.65. The van der Waals surface area contributed by atoms with Crippen molar-refractivity contribution >= 4 is 5.91 Å². The highest BCUT2D eigenvalue weighted by atomic mass is 19.1. The Morgan fingerprint density at radius 3 is 2.40 bits per heavy atom. The second-order valence-electron chi connectivity index (χ2n) is 10.0. The van der Waals surface area contributed by atoms with Gasteiger partial charge in [0.15, 0.2) is 0 Å². The molecule has 1 amide bonds. The topological polar surface area (TPSA) is 59.0 Å². The van der Waals surface area contributed by atoms with Crippen molar-refractivity contribution in [3.8, 4) is 0 Å². The Bertz CT molecular complexity index is 796. The van der Waals surface area contributed by atoms with Crippen molar-refractivity contribution in [1.82, 2.24) is 4.90 Å². The molecule has 5 nitrogen and oxygen atoms in total. The van der Waals surface area contributed by atoms with E-state index in [2.05, 4.69) is 6.92 Å². The molecule has 1 N–H and O–H groups in total. The van der Waals surface area contributed by atoms with Crippen LogP contribution in [0, 0.1) is 17.0 Å². The van der Waals surface area contributed by atoms with Gasteiger partial charge in [-0.25, -0.2) is 8.78 Å². The zero-order chi connectivity index (χ0) is 21.7. The molecule has 3 heterocycles. The SMILES string of the molecule is CC(C)(O)[C@@H]1CC[C@](C)([C@@H]2CC3(CCN(C(=O)c4c(F)cccc4F)CC3)CO2)O1. The van der Waals surface area contributed by atoms with Crippen molar-refractivity contribution in [2.24, 2.45) is 5.41 Å². The van der Waals surface area contributed by atoms with E-state index in [0.29, 0.717) is 19.7 Å². The highest BCUT2D eigenvalue weighted by molar-refractivity contribution is 5.94. The number of likely N-dealkylation sites (tertiary alicyclic amines) is 1. The third-order valence-corrected chi connectivity index (χ3v) is 7.28. The van der Waals surface area contributed by atoms with Gasteiger partial charge < -0.3 is 19.5 Å². The first-order valence-corrected chi connectivity index (χ1v) is 10.8. The van der Waals surface area contributed by atoms with Crippen molar-refractivity contribution < 1.29 is 28.2 Å². The van der Waals surface area contributed by atoms with Gasteiger partial charge in [-0.05, 0) is 70.4 Å². The molecule has 30 heavy (non-hydrogen) atoms. The van der Waals surface area contributed by atoms with E-state index in [-0.39, 0.29) is 17.6 Å². The Kier molecular flexibility index (Phi) is 5.44. The molecule has 166 valence electrons. The highest BCUT2D eigenvalue weighted by Crippen LogP contribution is 2.49. The molecule has 1 spiro atoms. The van der Waals surface area contributed by atoms with Crippen LogP contribution in [0.25, 0.3) is 0 Å². The molecule has 0 saturated carbocycles. The summed E-state index contributed by atoms with van der Waals surface area (Å²) in [7, 11) is 0. The number of rotatable bonds is 3. The Morgan fingerprint density at radius 2 is 1.83 bits per heavy atom. The lowest BCUT2D eigenvalue weighted by atomic mass is 9.74. The third-order valence-electron chi connectivity index (χ3n) is 7.28. The van der Waals surface area contributed by atoms with Gasteiger partial charge in [0, 0.05) is 13.1 Å². The second kappa shape index (κ2) is 7.53. The fraction of sp³-hybridized carbons (Fsp3) is 0.696. The molecule has 0 bridgehead atoms. The Hall–Kier alpha value is -1.57. The maximum Gasteiger partial charge on any atom is 0.259 e. The average molecular weight is 424 g/mol. The van der Waals surface area contributed by atoms with Crippen LogP contribution in [0.3, 0.4) is 0 Å². The van der Waals surface area contributed by atoms with Gasteiger partial charge >= 0.3 is 0 Å². The predicted octanol–water partition coefficient (Wildman–Crippen LogP) is 3.68. The summed E-state index contributed by atoms with van der Waals surface area (Å²) < 4.78 is 40.4. The zero-order valence-corrected chi connectivity index (χ0v) is 17.9. The van der Waals surface area contributed by atoms with Gasteiger partial charge in [-0.3, -0.25) is 4.79 Å². The molecule has 1 aromatic rings. The first-order valence-electron chi connectivity index (χ1n) is 10.8. The third kappa shape index (κ3) is 3.87. The first-order chi connectivity index (χ1) is 14.0. The van der Waals surface area contributed by atoms with Crippen LogP contribution in [-0.2, 0) is 9.47 Å². The number of piperidine rings is 1. The summed E-state index contributed by atoms with van der Waals surface area (Å²) in [5.74, 6) is -2.23. The van der Waals surface area contributed by atoms with Gasteiger partial charge in [0.25, 0.3) is 5.91 Å². The number of halogens is 2. The summed E-state index contributed by atoms with van der Waals surface area (Å²) in [5.41, 5.74) is -1.84. The van der Waals surface area contributed by atoms with E-state index in [4.69, 9.17) is 9.47 Å². The Morgan fingerprint density at radius 1 is 1.20 bits per heavy atom. The average Bonchev–Trinajstić information content (AvgIpc) is 3.28. The van der Waals surface area contributed by atoms with E-state index in [1.165, 1.54) is 11.0 Å². The van der Waals surface area contributed by atoms with Crippen LogP contribution in [0.4, 0.5) is 8.78 Å². The quantitative estimate of drug-likeness (QED) is 0.806. The van der Waals surface area contributed by atoms with Crippen LogP contribution < -0.4 is 0 Å². The van der Waals surface area contributed by atoms with Crippen LogP contribution in [0.5, 0.6) is 0 Å². The van der Waals surface area contributed by atoms with Crippen LogP contribution in [0.2, 0.25) is 0 Å². The van der Waals surface area contributed by atoms with Crippen LogP contribution in [-0.4, -0.2) is 59.0 Å². The number of nitrogens with zero attached hydrogens (tertiary/aromatic N) is 1. The molecule has 0 aliphatic carbocycles. The number of carbonyl (C=O) groups excluding carboxylic acids is 1. The van der Waals surface area contributed by atoms with Gasteiger partial charge in [0.1, 0.15) is 17.2 Å². The summed E-state index contributed by atoms with van der Waals surface area (Å²) in [6.45, 7) is 7.10. The van der Waals surface area contributed by atoms with Crippen molar-refractivity contribution in [3.63, 3.8) is 0 Å². The van der Waals surface area contributed by atoms with Crippen LogP contribution in [0.15, 0.2) is 18.2 Å². The van der Waals surface area contributed by atoms with Crippen molar-refractivity contribution in [3.05, 3.63) is 35.4 Å². The van der Waals surface area contributed by atoms with Gasteiger partial charge in [-0.2, -0.15) is 0 Å². The standard InChI is InChI=1S/C23H31F2NO4/c1-21(2,28)17-7-8-22(3,30-17)18-13-23(14-29-18)9-11-26(12-10-23)20(27)19-15(24)5-4-6-16(19)25/h4-6,17-18,28H,7-14H2,1-3H3/t17-,18-,22+/m0/s1. The van der Waals surface area contributed by atoms with E-state index >= 15 is 0 Å². The maximum absolute atomic E-state index is 14.0. The largest absolute Gasteiger partial charge is 0.388 e. The number of ether oxygens (including phenoxy) is 2. The molecule has 3 fully saturated rings. The number of carbonyl (C=O) groups is 1. The number of hydrogen-bond donors (Lipinski definition) is 1. The minimum Gasteiger partial charge on any atom is -0.388 e. The zero-order valence-electron chi connectivity index (χ0n) is 17.9. The van der Waals surface area contributed by atoms with Crippen molar-refractivity contribution in [2.75, 3.05) is 19.7 Å². The van der Waals surface area contributed by atoms with Gasteiger partial charge in [-0.15, -0.1) is 0 Å². The molecule has 0 radical (unpaired) electrons. The summed E-state index contributed by atoms with van der Waals surface area (Å²) in [4.78, 5) is 14.2. The lowest BCUT2D eigenvalue weighted by Crippen LogP contribution is -2.45. The van der Waals surface area contributed by atoms with Gasteiger partial charge in [0.2, 0.25) is 0 Å². The minimum atomic E-state index is -0.887. The number of amides is 1. The molecular weight excluding hydrogens is 392 g/mol. The normalized spacial score (nSPS) is 31.5. The lowest BCUT2D eigenvalue weighted by molar-refractivity contribution is -0.155. The molecule has 0 unspecified atom stereocenters. The summed E-state index contributed by atoms with van der Waals surface area (Å²) >= 11 is 0. The highest BCUT2D eigenvalue weighted by Gasteiger charge is 2.53.